The zero-order valence-corrected chi connectivity index (χ0v) is 124. The first-order valence-corrected chi connectivity index (χ1v) is 63.3. The molecule has 0 aromatic rings. The molecule has 0 amide bonds. The third kappa shape index (κ3) is 95.6. The summed E-state index contributed by atoms with van der Waals surface area (Å²) in [7, 11) is 1.75. The smallest absolute Gasteiger partial charge is 0.358 e. The second kappa shape index (κ2) is 109. The van der Waals surface area contributed by atoms with Gasteiger partial charge in [-0.05, 0) is 166 Å². The van der Waals surface area contributed by atoms with Crippen LogP contribution >= 0.6 is 0 Å². The van der Waals surface area contributed by atoms with Gasteiger partial charge in [-0.3, -0.25) is 0 Å². The predicted octanol–water partition coefficient (Wildman–Crippen LogP) is 48.1. The van der Waals surface area contributed by atoms with E-state index >= 15 is 0 Å². The van der Waals surface area contributed by atoms with Crippen molar-refractivity contribution in [2.24, 2.45) is 210 Å². The minimum Gasteiger partial charge on any atom is -0.358 e. The van der Waals surface area contributed by atoms with Gasteiger partial charge in [-0.1, -0.05) is 399 Å². The van der Waals surface area contributed by atoms with Gasteiger partial charge in [-0.25, -0.2) is 0 Å². The molecule has 12 saturated carbocycles. The van der Waals surface area contributed by atoms with Gasteiger partial charge in [0.1, 0.15) is 0 Å². The fraction of sp³-hybridized carbons (Fsp3) is 0.910. The van der Waals surface area contributed by atoms with E-state index in [2.05, 4.69) is 333 Å². The summed E-state index contributed by atoms with van der Waals surface area (Å²) < 4.78 is 24.6. The monoisotopic (exact) mass is 2570 g/mol. The number of hydrogen-bond donors (Lipinski definition) is 0. The van der Waals surface area contributed by atoms with Crippen molar-refractivity contribution >= 4 is 0 Å². The van der Waals surface area contributed by atoms with Crippen LogP contribution in [0.2, 0.25) is 0 Å². The molecule has 12 aliphatic carbocycles. The number of nitrogens with zero attached hydrogens (tertiary/aromatic N) is 6. The van der Waals surface area contributed by atoms with E-state index < -0.39 is 0 Å². The molecule has 3 atom stereocenters. The van der Waals surface area contributed by atoms with Crippen LogP contribution in [0.5, 0.6) is 0 Å². The average molecular weight is 2560 g/mol. The molecule has 0 aromatic heterocycles. The summed E-state index contributed by atoms with van der Waals surface area (Å²) in [5.41, 5.74) is 1.16. The van der Waals surface area contributed by atoms with Gasteiger partial charge >= 0.3 is 361 Å². The summed E-state index contributed by atoms with van der Waals surface area (Å²) in [5, 5.41) is 0. The Labute approximate surface area is 1000 Å². The minimum absolute atomic E-state index is 0. The summed E-state index contributed by atoms with van der Waals surface area (Å²) >= 11 is 10.8. The van der Waals surface area contributed by atoms with E-state index in [0.717, 1.165) is 197 Å². The van der Waals surface area contributed by atoms with Crippen molar-refractivity contribution in [1.29, 1.82) is 0 Å². The zero-order chi connectivity index (χ0) is 105. The first kappa shape index (κ1) is 190. The Hall–Kier alpha value is 2.93. The van der Waals surface area contributed by atoms with E-state index in [1.807, 2.05) is 85.4 Å². The van der Waals surface area contributed by atoms with Crippen molar-refractivity contribution in [3.63, 3.8) is 0 Å². The summed E-state index contributed by atoms with van der Waals surface area (Å²) in [6.45, 7) is 107. The van der Waals surface area contributed by atoms with Gasteiger partial charge in [0.15, 0.2) is 0 Å². The van der Waals surface area contributed by atoms with E-state index in [1.165, 1.54) is 231 Å². The number of rotatable bonds is 14. The SMILES string of the molecule is CC(C)(C)CC(C)(C)[N]=[Mo].CC1C(C)C(C)C(C)C1C.CC1C(C)C(C)C(C)C1C.CC1C(C)C(C)C(C)C1C.CC1C(C)C(C)C(C)C1C.CC1CCCC1.CC1CCCC1.CC1CCCC1.CC1CCCC1.CC1CCCC1.CC1CCCC1.CC1CCCC1.CC1CCCC1.CCC(C)(CC(C)C)[N]=[Mo].CCC(C)C(C)(C)[N]=[Mo].CCC(C)CC(C)(C)[N]=[Mo].CC[N]=[Mo].C[N]=[Mo].[CH3-].[CH3-].[CH3-].[CH3-].[CH3-].[CH3-].[CH3-].[CH3-].[CH3-].[CH3-].[CH3-].[CH3-]. The second-order valence-corrected chi connectivity index (χ2v) is 55.1. The van der Waals surface area contributed by atoms with Gasteiger partial charge in [0, 0.05) is 0 Å². The maximum absolute atomic E-state index is 4.39. The zero-order valence-electron chi connectivity index (χ0n) is 112. The van der Waals surface area contributed by atoms with Crippen LogP contribution in [0.4, 0.5) is 0 Å². The summed E-state index contributed by atoms with van der Waals surface area (Å²) in [6.07, 6.45) is 54.8. The van der Waals surface area contributed by atoms with Gasteiger partial charge in [-0.2, -0.15) is 0 Å². The number of hydrogen-bond acceptors (Lipinski definition) is 6. The molecule has 12 fully saturated rings. The van der Waals surface area contributed by atoms with Crippen molar-refractivity contribution in [3.05, 3.63) is 89.1 Å². The van der Waals surface area contributed by atoms with E-state index in [4.69, 9.17) is 0 Å². The standard InChI is InChI=1S/4C10H20.3C8H17N.C7H15N.8C6H12.C2H5N.CH3N.12CH3.6Mo/c4*1-6-7(2)9(4)10(5)8(6)3;1-7(2,3)6-8(4,5)9;1-5-7(2)6-8(3,4)9;1-5-8(4,9)6-7(2)3;1-5-6(2)7(3,4)8;8*1-6-4-2-3-5-6;1-2-3;1-2;;;;;;;;;;;;;;;;;;/h4*6-10H,1-5H3;6H2,1-5H3;2*7H,5-6H2,1-4H3;6H,5H2,1-4H3;8*6H,2-5H2,1H3;2H2,1H3;1H3;12*1H3;;;;;;/q;;;;;;;;;;;;;;;;;;12*-1;;;;;;. The molecule has 0 N–H and O–H groups in total. The minimum atomic E-state index is 0. The molecule has 0 heterocycles. The Morgan fingerprint density at radius 3 is 0.438 bits per heavy atom. The van der Waals surface area contributed by atoms with Crippen LogP contribution in [0.1, 0.15) is 562 Å². The fourth-order valence-electron chi connectivity index (χ4n) is 22.7. The summed E-state index contributed by atoms with van der Waals surface area (Å²) in [4.78, 5) is 0. The Morgan fingerprint density at radius 1 is 0.233 bits per heavy atom. The fourth-order valence-corrected chi connectivity index (χ4v) is 24.0. The third-order valence-electron chi connectivity index (χ3n) is 36.8. The molecule has 3 unspecified atom stereocenters. The largest absolute Gasteiger partial charge is 0.358 e. The molecule has 6 nitrogen and oxygen atoms in total. The Balaban J connectivity index is -0.0000000743. The van der Waals surface area contributed by atoms with Crippen LogP contribution in [0.15, 0.2) is 21.0 Å². The molecular weight excluding hydrogens is 2270 g/mol. The second-order valence-electron chi connectivity index (χ2n) is 51.8. The molecule has 0 aliphatic heterocycles. The molecule has 12 rings (SSSR count). The van der Waals surface area contributed by atoms with Crippen LogP contribution in [-0.4, -0.2) is 35.7 Å². The first-order chi connectivity index (χ1) is 62.1. The van der Waals surface area contributed by atoms with Crippen LogP contribution in [0, 0.1) is 278 Å². The molecule has 12 aliphatic rings. The predicted molar refractivity (Wildman–Crippen MR) is 660 cm³/mol. The molecule has 900 valence electrons. The molecule has 0 aromatic carbocycles. The van der Waals surface area contributed by atoms with Crippen molar-refractivity contribution in [1.82, 2.24) is 0 Å². The topological polar surface area (TPSA) is 74.2 Å². The van der Waals surface area contributed by atoms with E-state index in [1.54, 1.807) is 46.3 Å². The molecule has 12 heteroatoms. The van der Waals surface area contributed by atoms with E-state index in [-0.39, 0.29) is 111 Å². The molecule has 146 heavy (non-hydrogen) atoms. The maximum Gasteiger partial charge on any atom is -0.358 e. The Bertz CT molecular complexity index is 2220. The quantitative estimate of drug-likeness (QED) is 0.123. The first-order valence-electron chi connectivity index (χ1n) is 57.9. The Kier molecular flexibility index (Phi) is 142. The van der Waals surface area contributed by atoms with Crippen LogP contribution in [-0.2, 0) is 118 Å². The van der Waals surface area contributed by atoms with E-state index in [9.17, 15) is 0 Å². The van der Waals surface area contributed by atoms with Crippen LogP contribution < -0.4 is 0 Å². The summed E-state index contributed by atoms with van der Waals surface area (Å²) in [6, 6.07) is 0. The molecular formula is C134H286Mo6N6-12. The van der Waals surface area contributed by atoms with Crippen molar-refractivity contribution in [2.45, 2.75) is 585 Å². The van der Waals surface area contributed by atoms with Crippen LogP contribution in [0.3, 0.4) is 0 Å². The Morgan fingerprint density at radius 2 is 0.384 bits per heavy atom. The van der Waals surface area contributed by atoms with Gasteiger partial charge in [0.05, 0.1) is 0 Å². The van der Waals surface area contributed by atoms with Gasteiger partial charge in [0.2, 0.25) is 0 Å². The molecule has 0 bridgehead atoms. The van der Waals surface area contributed by atoms with Crippen molar-refractivity contribution in [3.8, 4) is 0 Å². The van der Waals surface area contributed by atoms with E-state index in [0.29, 0.717) is 11.3 Å². The average Bonchev–Trinajstić information content (AvgIpc) is 1.70. The molecule has 0 radical (unpaired) electrons. The maximum atomic E-state index is 4.39. The van der Waals surface area contributed by atoms with Crippen LogP contribution in [0.25, 0.3) is 0 Å². The summed E-state index contributed by atoms with van der Waals surface area (Å²) in [5.74, 6) is 29.3. The molecule has 0 saturated heterocycles. The van der Waals surface area contributed by atoms with Gasteiger partial charge in [-0.15, -0.1) is 0 Å². The third-order valence-corrected chi connectivity index (χ3v) is 42.1. The van der Waals surface area contributed by atoms with Gasteiger partial charge < -0.3 is 89.1 Å². The normalized spacial score (nSPS) is 27.9. The van der Waals surface area contributed by atoms with Crippen molar-refractivity contribution < 1.29 is 118 Å². The molecule has 0 spiro atoms. The van der Waals surface area contributed by atoms with Gasteiger partial charge in [0.25, 0.3) is 0 Å². The van der Waals surface area contributed by atoms with Crippen molar-refractivity contribution in [2.75, 3.05) is 13.6 Å².